The van der Waals surface area contributed by atoms with Crippen LogP contribution >= 0.6 is 0 Å². The van der Waals surface area contributed by atoms with Gasteiger partial charge < -0.3 is 9.13 Å². The Hall–Kier alpha value is -5.08. The number of aromatic nitrogens is 2. The molecule has 0 unspecified atom stereocenters. The lowest BCUT2D eigenvalue weighted by Gasteiger charge is -2.11. The summed E-state index contributed by atoms with van der Waals surface area (Å²) < 4.78 is 4.86. The summed E-state index contributed by atoms with van der Waals surface area (Å²) in [5.41, 5.74) is 11.2. The molecule has 0 atom stereocenters. The van der Waals surface area contributed by atoms with Crippen LogP contribution in [0.25, 0.3) is 66.1 Å². The number of rotatable bonds is 6. The van der Waals surface area contributed by atoms with Gasteiger partial charge in [-0.1, -0.05) is 104 Å². The van der Waals surface area contributed by atoms with E-state index in [1.165, 1.54) is 84.5 Å². The van der Waals surface area contributed by atoms with Crippen LogP contribution in [0.1, 0.15) is 25.3 Å². The Labute approximate surface area is 246 Å². The van der Waals surface area contributed by atoms with Crippen molar-refractivity contribution in [2.24, 2.45) is 0 Å². The highest BCUT2D eigenvalue weighted by Gasteiger charge is 2.20. The average molecular weight is 541 g/mol. The Morgan fingerprint density at radius 1 is 0.429 bits per heavy atom. The maximum Gasteiger partial charge on any atom is 0.0548 e. The second-order valence-electron chi connectivity index (χ2n) is 11.2. The average Bonchev–Trinajstić information content (AvgIpc) is 3.57. The largest absolute Gasteiger partial charge is 0.309 e. The van der Waals surface area contributed by atoms with E-state index in [9.17, 15) is 0 Å². The zero-order chi connectivity index (χ0) is 28.0. The minimum absolute atomic E-state index is 1.14. The van der Waals surface area contributed by atoms with Crippen LogP contribution in [0.3, 0.4) is 0 Å². The molecule has 42 heavy (non-hydrogen) atoms. The summed E-state index contributed by atoms with van der Waals surface area (Å²) in [6, 6.07) is 51.1. The molecule has 8 aromatic rings. The third-order valence-corrected chi connectivity index (χ3v) is 8.72. The van der Waals surface area contributed by atoms with Gasteiger partial charge in [-0.05, 0) is 78.1 Å². The molecule has 0 aliphatic heterocycles. The van der Waals surface area contributed by atoms with Crippen LogP contribution in [0.5, 0.6) is 0 Å². The lowest BCUT2D eigenvalue weighted by molar-refractivity contribution is 0.795. The van der Waals surface area contributed by atoms with Crippen molar-refractivity contribution in [2.45, 2.75) is 26.2 Å². The SMILES string of the molecule is CCCCc1ccc(-n2c3ccccc3c3c4c5ccccc5n(-c5ccc(-c6ccccc6)cc5)c4ccc32)cc1. The predicted molar refractivity (Wildman–Crippen MR) is 179 cm³/mol. The lowest BCUT2D eigenvalue weighted by atomic mass is 10.1. The smallest absolute Gasteiger partial charge is 0.0548 e. The van der Waals surface area contributed by atoms with Gasteiger partial charge in [0, 0.05) is 32.9 Å². The van der Waals surface area contributed by atoms with Crippen molar-refractivity contribution < 1.29 is 0 Å². The molecule has 2 nitrogen and oxygen atoms in total. The van der Waals surface area contributed by atoms with Crippen LogP contribution in [-0.4, -0.2) is 9.13 Å². The molecule has 0 aliphatic carbocycles. The monoisotopic (exact) mass is 540 g/mol. The Morgan fingerprint density at radius 2 is 0.905 bits per heavy atom. The van der Waals surface area contributed by atoms with Gasteiger partial charge >= 0.3 is 0 Å². The Balaban J connectivity index is 1.38. The van der Waals surface area contributed by atoms with Gasteiger partial charge in [-0.25, -0.2) is 0 Å². The fourth-order valence-corrected chi connectivity index (χ4v) is 6.70. The summed E-state index contributed by atoms with van der Waals surface area (Å²) in [5, 5.41) is 5.19. The minimum Gasteiger partial charge on any atom is -0.309 e. The summed E-state index contributed by atoms with van der Waals surface area (Å²) >= 11 is 0. The molecule has 0 bridgehead atoms. The number of nitrogens with zero attached hydrogens (tertiary/aromatic N) is 2. The molecule has 0 N–H and O–H groups in total. The van der Waals surface area contributed by atoms with Crippen LogP contribution in [0.2, 0.25) is 0 Å². The first-order valence-corrected chi connectivity index (χ1v) is 15.0. The van der Waals surface area contributed by atoms with Gasteiger partial charge in [-0.3, -0.25) is 0 Å². The first kappa shape index (κ1) is 24.7. The molecule has 6 aromatic carbocycles. The maximum atomic E-state index is 2.44. The van der Waals surface area contributed by atoms with Gasteiger partial charge in [-0.15, -0.1) is 0 Å². The molecule has 8 rings (SSSR count). The van der Waals surface area contributed by atoms with Crippen molar-refractivity contribution in [1.82, 2.24) is 9.13 Å². The number of aryl methyl sites for hydroxylation is 1. The summed E-state index contributed by atoms with van der Waals surface area (Å²) in [5.74, 6) is 0. The quantitative estimate of drug-likeness (QED) is 0.198. The summed E-state index contributed by atoms with van der Waals surface area (Å²) in [6.45, 7) is 2.25. The first-order valence-electron chi connectivity index (χ1n) is 15.0. The highest BCUT2D eigenvalue weighted by molar-refractivity contribution is 6.28. The lowest BCUT2D eigenvalue weighted by Crippen LogP contribution is -1.95. The molecule has 0 saturated carbocycles. The normalized spacial score (nSPS) is 11.7. The number of fused-ring (bicyclic) bond motifs is 7. The van der Waals surface area contributed by atoms with E-state index in [0.29, 0.717) is 0 Å². The second kappa shape index (κ2) is 10.1. The Morgan fingerprint density at radius 3 is 1.45 bits per heavy atom. The van der Waals surface area contributed by atoms with E-state index < -0.39 is 0 Å². The predicted octanol–water partition coefficient (Wildman–Crippen LogP) is 10.9. The number of benzene rings is 6. The number of hydrogen-bond donors (Lipinski definition) is 0. The minimum atomic E-state index is 1.14. The van der Waals surface area contributed by atoms with Crippen LogP contribution in [-0.2, 0) is 6.42 Å². The van der Waals surface area contributed by atoms with Crippen molar-refractivity contribution in [3.05, 3.63) is 145 Å². The zero-order valence-corrected chi connectivity index (χ0v) is 23.8. The maximum absolute atomic E-state index is 2.44. The van der Waals surface area contributed by atoms with E-state index in [0.717, 1.165) is 6.42 Å². The molecule has 0 saturated heterocycles. The fraction of sp³-hybridized carbons (Fsp3) is 0.100. The highest BCUT2D eigenvalue weighted by Crippen LogP contribution is 2.42. The van der Waals surface area contributed by atoms with Gasteiger partial charge in [-0.2, -0.15) is 0 Å². The van der Waals surface area contributed by atoms with Crippen molar-refractivity contribution in [1.29, 1.82) is 0 Å². The molecule has 2 aromatic heterocycles. The van der Waals surface area contributed by atoms with E-state index in [1.54, 1.807) is 0 Å². The van der Waals surface area contributed by atoms with Crippen LogP contribution < -0.4 is 0 Å². The van der Waals surface area contributed by atoms with Gasteiger partial charge in [0.2, 0.25) is 0 Å². The van der Waals surface area contributed by atoms with E-state index in [-0.39, 0.29) is 0 Å². The standard InChI is InChI=1S/C40H32N2/c1-2-3-11-28-18-22-31(23-19-28)41-35-16-9-7-14-33(35)39-37(41)26-27-38-40(39)34-15-8-10-17-36(34)42(38)32-24-20-30(21-25-32)29-12-5-4-6-13-29/h4-10,12-27H,2-3,11H2,1H3. The topological polar surface area (TPSA) is 9.86 Å². The van der Waals surface area contributed by atoms with Crippen molar-refractivity contribution in [2.75, 3.05) is 0 Å². The van der Waals surface area contributed by atoms with E-state index >= 15 is 0 Å². The van der Waals surface area contributed by atoms with Crippen LogP contribution in [0, 0.1) is 0 Å². The highest BCUT2D eigenvalue weighted by atomic mass is 15.0. The molecular weight excluding hydrogens is 508 g/mol. The molecule has 2 heterocycles. The van der Waals surface area contributed by atoms with E-state index in [1.807, 2.05) is 0 Å². The number of hydrogen-bond acceptors (Lipinski definition) is 0. The van der Waals surface area contributed by atoms with E-state index in [2.05, 4.69) is 156 Å². The van der Waals surface area contributed by atoms with Crippen LogP contribution in [0.4, 0.5) is 0 Å². The molecular formula is C40H32N2. The van der Waals surface area contributed by atoms with Gasteiger partial charge in [0.1, 0.15) is 0 Å². The Kier molecular flexibility index (Phi) is 5.93. The van der Waals surface area contributed by atoms with Crippen molar-refractivity contribution in [3.8, 4) is 22.5 Å². The van der Waals surface area contributed by atoms with Crippen molar-refractivity contribution >= 4 is 43.6 Å². The zero-order valence-electron chi connectivity index (χ0n) is 23.8. The summed E-state index contributed by atoms with van der Waals surface area (Å²) in [7, 11) is 0. The third kappa shape index (κ3) is 3.87. The third-order valence-electron chi connectivity index (χ3n) is 8.72. The summed E-state index contributed by atoms with van der Waals surface area (Å²) in [4.78, 5) is 0. The fourth-order valence-electron chi connectivity index (χ4n) is 6.70. The molecule has 0 aliphatic rings. The van der Waals surface area contributed by atoms with Crippen molar-refractivity contribution in [3.63, 3.8) is 0 Å². The van der Waals surface area contributed by atoms with Gasteiger partial charge in [0.15, 0.2) is 0 Å². The molecule has 0 radical (unpaired) electrons. The number of unbranched alkanes of at least 4 members (excludes halogenated alkanes) is 1. The molecule has 0 spiro atoms. The Bertz CT molecular complexity index is 2200. The van der Waals surface area contributed by atoms with Crippen LogP contribution in [0.15, 0.2) is 140 Å². The number of para-hydroxylation sites is 2. The van der Waals surface area contributed by atoms with Gasteiger partial charge in [0.05, 0.1) is 22.1 Å². The molecule has 0 fully saturated rings. The van der Waals surface area contributed by atoms with E-state index in [4.69, 9.17) is 0 Å². The molecule has 2 heteroatoms. The first-order chi connectivity index (χ1) is 20.8. The molecule has 202 valence electrons. The van der Waals surface area contributed by atoms with Gasteiger partial charge in [0.25, 0.3) is 0 Å². The second-order valence-corrected chi connectivity index (χ2v) is 11.2. The molecule has 0 amide bonds. The summed E-state index contributed by atoms with van der Waals surface area (Å²) in [6.07, 6.45) is 3.58.